The number of nitrogens with one attached hydrogen (secondary N) is 1. The summed E-state index contributed by atoms with van der Waals surface area (Å²) in [6.07, 6.45) is 0. The van der Waals surface area contributed by atoms with E-state index in [2.05, 4.69) is 5.32 Å². The van der Waals surface area contributed by atoms with Crippen molar-refractivity contribution in [1.29, 1.82) is 0 Å². The van der Waals surface area contributed by atoms with E-state index >= 15 is 0 Å². The SMILES string of the molecule is COc1cc(C(=O)Nc2cc(C(=O)O)ccc2F)c([N+](=O)[O-])cc1OC. The van der Waals surface area contributed by atoms with Crippen LogP contribution in [-0.2, 0) is 0 Å². The van der Waals surface area contributed by atoms with Gasteiger partial charge in [0.1, 0.15) is 11.4 Å². The highest BCUT2D eigenvalue weighted by atomic mass is 19.1. The number of aromatic carboxylic acids is 1. The van der Waals surface area contributed by atoms with Crippen LogP contribution in [0.15, 0.2) is 30.3 Å². The maximum absolute atomic E-state index is 13.8. The molecule has 10 heteroatoms. The molecule has 0 aliphatic rings. The second-order valence-corrected chi connectivity index (χ2v) is 4.94. The summed E-state index contributed by atoms with van der Waals surface area (Å²) >= 11 is 0. The first-order valence-corrected chi connectivity index (χ1v) is 7.03. The molecule has 0 aliphatic carbocycles. The van der Waals surface area contributed by atoms with Gasteiger partial charge in [0.2, 0.25) is 0 Å². The Morgan fingerprint density at radius 2 is 1.77 bits per heavy atom. The number of ether oxygens (including phenoxy) is 2. The minimum absolute atomic E-state index is 0.0369. The molecule has 0 aliphatic heterocycles. The van der Waals surface area contributed by atoms with Crippen molar-refractivity contribution in [3.63, 3.8) is 0 Å². The number of nitro groups is 1. The van der Waals surface area contributed by atoms with Gasteiger partial charge in [0.15, 0.2) is 11.5 Å². The number of carboxylic acid groups (broad SMARTS) is 1. The van der Waals surface area contributed by atoms with Crippen LogP contribution in [0.4, 0.5) is 15.8 Å². The van der Waals surface area contributed by atoms with Crippen LogP contribution in [0.25, 0.3) is 0 Å². The monoisotopic (exact) mass is 364 g/mol. The average Bonchev–Trinajstić information content (AvgIpc) is 2.61. The van der Waals surface area contributed by atoms with Crippen molar-refractivity contribution in [2.75, 3.05) is 19.5 Å². The first-order chi connectivity index (χ1) is 12.3. The van der Waals surface area contributed by atoms with Crippen LogP contribution in [0.1, 0.15) is 20.7 Å². The highest BCUT2D eigenvalue weighted by Crippen LogP contribution is 2.35. The Labute approximate surface area is 146 Å². The van der Waals surface area contributed by atoms with Gasteiger partial charge < -0.3 is 19.9 Å². The van der Waals surface area contributed by atoms with Gasteiger partial charge in [-0.05, 0) is 18.2 Å². The quantitative estimate of drug-likeness (QED) is 0.596. The van der Waals surface area contributed by atoms with E-state index in [1.807, 2.05) is 0 Å². The highest BCUT2D eigenvalue weighted by Gasteiger charge is 2.25. The number of anilines is 1. The zero-order valence-corrected chi connectivity index (χ0v) is 13.6. The van der Waals surface area contributed by atoms with Crippen molar-refractivity contribution in [3.8, 4) is 11.5 Å². The molecule has 0 bridgehead atoms. The third-order valence-electron chi connectivity index (χ3n) is 3.40. The van der Waals surface area contributed by atoms with Crippen molar-refractivity contribution in [2.45, 2.75) is 0 Å². The van der Waals surface area contributed by atoms with E-state index in [4.69, 9.17) is 14.6 Å². The molecule has 0 fully saturated rings. The molecular weight excluding hydrogens is 351 g/mol. The van der Waals surface area contributed by atoms with E-state index < -0.39 is 39.6 Å². The number of hydrogen-bond acceptors (Lipinski definition) is 6. The molecule has 0 saturated heterocycles. The standard InChI is InChI=1S/C16H13FN2O7/c1-25-13-6-9(12(19(23)24)7-14(13)26-2)15(20)18-11-5-8(16(21)22)3-4-10(11)17/h3-7H,1-2H3,(H,18,20)(H,21,22). The zero-order valence-electron chi connectivity index (χ0n) is 13.6. The molecule has 2 aromatic carbocycles. The average molecular weight is 364 g/mol. The van der Waals surface area contributed by atoms with Crippen molar-refractivity contribution in [2.24, 2.45) is 0 Å². The molecule has 9 nitrogen and oxygen atoms in total. The van der Waals surface area contributed by atoms with E-state index in [9.17, 15) is 24.1 Å². The number of benzene rings is 2. The number of rotatable bonds is 6. The maximum Gasteiger partial charge on any atom is 0.335 e. The first-order valence-electron chi connectivity index (χ1n) is 7.03. The van der Waals surface area contributed by atoms with Crippen LogP contribution in [0.3, 0.4) is 0 Å². The summed E-state index contributed by atoms with van der Waals surface area (Å²) in [6.45, 7) is 0. The summed E-state index contributed by atoms with van der Waals surface area (Å²) in [5.41, 5.74) is -1.69. The fourth-order valence-electron chi connectivity index (χ4n) is 2.14. The Kier molecular flexibility index (Phi) is 5.36. The van der Waals surface area contributed by atoms with E-state index in [1.54, 1.807) is 0 Å². The minimum atomic E-state index is -1.32. The van der Waals surface area contributed by atoms with Crippen molar-refractivity contribution in [1.82, 2.24) is 0 Å². The molecule has 26 heavy (non-hydrogen) atoms. The van der Waals surface area contributed by atoms with Gasteiger partial charge >= 0.3 is 5.97 Å². The van der Waals surface area contributed by atoms with Crippen LogP contribution in [-0.4, -0.2) is 36.1 Å². The predicted molar refractivity (Wildman–Crippen MR) is 87.5 cm³/mol. The third kappa shape index (κ3) is 3.69. The maximum atomic E-state index is 13.8. The van der Waals surface area contributed by atoms with Gasteiger partial charge in [-0.1, -0.05) is 0 Å². The Balaban J connectivity index is 2.48. The lowest BCUT2D eigenvalue weighted by Gasteiger charge is -2.11. The number of amides is 1. The lowest BCUT2D eigenvalue weighted by atomic mass is 10.1. The lowest BCUT2D eigenvalue weighted by molar-refractivity contribution is -0.385. The summed E-state index contributed by atoms with van der Waals surface area (Å²) in [5.74, 6) is -3.14. The first kappa shape index (κ1) is 18.6. The third-order valence-corrected chi connectivity index (χ3v) is 3.40. The molecule has 2 N–H and O–H groups in total. The van der Waals surface area contributed by atoms with Crippen LogP contribution < -0.4 is 14.8 Å². The Morgan fingerprint density at radius 1 is 1.15 bits per heavy atom. The van der Waals surface area contributed by atoms with Crippen LogP contribution >= 0.6 is 0 Å². The second kappa shape index (κ2) is 7.47. The van der Waals surface area contributed by atoms with E-state index in [1.165, 1.54) is 14.2 Å². The summed E-state index contributed by atoms with van der Waals surface area (Å²) in [7, 11) is 2.55. The molecule has 0 spiro atoms. The zero-order chi connectivity index (χ0) is 19.4. The van der Waals surface area contributed by atoms with Crippen molar-refractivity contribution in [3.05, 3.63) is 57.4 Å². The molecule has 0 heterocycles. The summed E-state index contributed by atoms with van der Waals surface area (Å²) in [4.78, 5) is 33.8. The summed E-state index contributed by atoms with van der Waals surface area (Å²) < 4.78 is 23.8. The molecule has 136 valence electrons. The molecule has 0 aromatic heterocycles. The molecule has 0 radical (unpaired) electrons. The molecule has 0 atom stereocenters. The van der Waals surface area contributed by atoms with Crippen molar-refractivity contribution < 1.29 is 33.5 Å². The van der Waals surface area contributed by atoms with E-state index in [0.29, 0.717) is 0 Å². The number of nitro benzene ring substituents is 1. The summed E-state index contributed by atoms with van der Waals surface area (Å²) in [5, 5.41) is 22.3. The molecule has 2 aromatic rings. The number of carbonyl (C=O) groups is 2. The topological polar surface area (TPSA) is 128 Å². The number of halogens is 1. The predicted octanol–water partition coefficient (Wildman–Crippen LogP) is 2.70. The Bertz CT molecular complexity index is 898. The second-order valence-electron chi connectivity index (χ2n) is 4.94. The Hall–Kier alpha value is -3.69. The van der Waals surface area contributed by atoms with Gasteiger partial charge in [0.25, 0.3) is 11.6 Å². The smallest absolute Gasteiger partial charge is 0.335 e. The van der Waals surface area contributed by atoms with E-state index in [0.717, 1.165) is 30.3 Å². The number of hydrogen-bond donors (Lipinski definition) is 2. The largest absolute Gasteiger partial charge is 0.493 e. The summed E-state index contributed by atoms with van der Waals surface area (Å²) in [6, 6.07) is 4.86. The van der Waals surface area contributed by atoms with Gasteiger partial charge in [-0.2, -0.15) is 0 Å². The normalized spacial score (nSPS) is 10.1. The number of carboxylic acids is 1. The number of carbonyl (C=O) groups excluding carboxylic acids is 1. The fraction of sp³-hybridized carbons (Fsp3) is 0.125. The van der Waals surface area contributed by atoms with Gasteiger partial charge in [-0.3, -0.25) is 14.9 Å². The lowest BCUT2D eigenvalue weighted by Crippen LogP contribution is -2.16. The molecule has 0 saturated carbocycles. The minimum Gasteiger partial charge on any atom is -0.493 e. The van der Waals surface area contributed by atoms with Gasteiger partial charge in [0, 0.05) is 6.07 Å². The van der Waals surface area contributed by atoms with Gasteiger partial charge in [-0.25, -0.2) is 9.18 Å². The number of methoxy groups -OCH3 is 2. The molecular formula is C16H13FN2O7. The molecule has 1 amide bonds. The van der Waals surface area contributed by atoms with Gasteiger partial charge in [0.05, 0.1) is 36.5 Å². The van der Waals surface area contributed by atoms with Crippen LogP contribution in [0, 0.1) is 15.9 Å². The molecule has 0 unspecified atom stereocenters. The van der Waals surface area contributed by atoms with Crippen molar-refractivity contribution >= 4 is 23.3 Å². The number of nitrogens with zero attached hydrogens (tertiary/aromatic N) is 1. The Morgan fingerprint density at radius 3 is 2.31 bits per heavy atom. The van der Waals surface area contributed by atoms with Crippen LogP contribution in [0.5, 0.6) is 11.5 Å². The van der Waals surface area contributed by atoms with Gasteiger partial charge in [-0.15, -0.1) is 0 Å². The van der Waals surface area contributed by atoms with Crippen LogP contribution in [0.2, 0.25) is 0 Å². The molecule has 2 rings (SSSR count). The highest BCUT2D eigenvalue weighted by molar-refractivity contribution is 6.08. The van der Waals surface area contributed by atoms with E-state index in [-0.39, 0.29) is 17.1 Å². The fourth-order valence-corrected chi connectivity index (χ4v) is 2.14.